The van der Waals surface area contributed by atoms with Crippen LogP contribution in [0.25, 0.3) is 0 Å². The monoisotopic (exact) mass is 383 g/mol. The van der Waals surface area contributed by atoms with Crippen LogP contribution in [0.3, 0.4) is 0 Å². The summed E-state index contributed by atoms with van der Waals surface area (Å²) in [4.78, 5) is 25.4. The third-order valence-corrected chi connectivity index (χ3v) is 4.75. The Bertz CT molecular complexity index is 847. The first-order valence-electron chi connectivity index (χ1n) is 9.55. The van der Waals surface area contributed by atoms with Gasteiger partial charge in [0.25, 0.3) is 11.6 Å². The third kappa shape index (κ3) is 5.00. The Morgan fingerprint density at radius 1 is 1.21 bits per heavy atom. The molecule has 0 radical (unpaired) electrons. The standard InChI is InChI=1S/C21H25N3O4/c1-16-6-4-7-18(14-16)28-13-5-10-22-21(25)17-8-9-19(20(15-17)24(26)27)23-11-2-3-12-23/h4,6-9,14-15H,2-3,5,10-13H2,1H3,(H,22,25). The number of hydrogen-bond donors (Lipinski definition) is 1. The molecule has 1 aliphatic rings. The quantitative estimate of drug-likeness (QED) is 0.427. The van der Waals surface area contributed by atoms with Gasteiger partial charge in [0.15, 0.2) is 0 Å². The summed E-state index contributed by atoms with van der Waals surface area (Å²) < 4.78 is 5.65. The summed E-state index contributed by atoms with van der Waals surface area (Å²) in [5, 5.41) is 14.2. The molecule has 0 aliphatic carbocycles. The molecule has 0 saturated carbocycles. The van der Waals surface area contributed by atoms with Crippen molar-refractivity contribution in [3.8, 4) is 5.75 Å². The van der Waals surface area contributed by atoms with Crippen molar-refractivity contribution in [3.63, 3.8) is 0 Å². The van der Waals surface area contributed by atoms with Crippen molar-refractivity contribution in [2.75, 3.05) is 31.1 Å². The Labute approximate surface area is 164 Å². The van der Waals surface area contributed by atoms with E-state index in [1.165, 1.54) is 6.07 Å². The molecule has 0 atom stereocenters. The van der Waals surface area contributed by atoms with Gasteiger partial charge in [0.2, 0.25) is 0 Å². The van der Waals surface area contributed by atoms with Crippen LogP contribution in [0, 0.1) is 17.0 Å². The molecule has 1 aliphatic heterocycles. The van der Waals surface area contributed by atoms with Crippen molar-refractivity contribution in [2.24, 2.45) is 0 Å². The van der Waals surface area contributed by atoms with Gasteiger partial charge in [-0.15, -0.1) is 0 Å². The zero-order chi connectivity index (χ0) is 19.9. The van der Waals surface area contributed by atoms with Crippen LogP contribution in [-0.2, 0) is 0 Å². The van der Waals surface area contributed by atoms with Crippen LogP contribution in [0.2, 0.25) is 0 Å². The van der Waals surface area contributed by atoms with Gasteiger partial charge in [-0.2, -0.15) is 0 Å². The second kappa shape index (κ2) is 9.21. The van der Waals surface area contributed by atoms with E-state index in [1.54, 1.807) is 12.1 Å². The zero-order valence-corrected chi connectivity index (χ0v) is 16.0. The highest BCUT2D eigenvalue weighted by Gasteiger charge is 2.23. The number of rotatable bonds is 8. The lowest BCUT2D eigenvalue weighted by Gasteiger charge is -2.17. The van der Waals surface area contributed by atoms with Crippen molar-refractivity contribution in [3.05, 3.63) is 63.7 Å². The Morgan fingerprint density at radius 2 is 2.00 bits per heavy atom. The summed E-state index contributed by atoms with van der Waals surface area (Å²) in [5.41, 5.74) is 2.00. The normalized spacial score (nSPS) is 13.4. The van der Waals surface area contributed by atoms with E-state index < -0.39 is 4.92 Å². The first-order chi connectivity index (χ1) is 13.5. The van der Waals surface area contributed by atoms with Gasteiger partial charge in [-0.1, -0.05) is 12.1 Å². The summed E-state index contributed by atoms with van der Waals surface area (Å²) in [6.45, 7) is 4.55. The number of nitro groups is 1. The number of carbonyl (C=O) groups excluding carboxylic acids is 1. The van der Waals surface area contributed by atoms with Crippen molar-refractivity contribution in [1.29, 1.82) is 0 Å². The van der Waals surface area contributed by atoms with Crippen LogP contribution in [0.5, 0.6) is 5.75 Å². The van der Waals surface area contributed by atoms with E-state index >= 15 is 0 Å². The van der Waals surface area contributed by atoms with Gasteiger partial charge in [0.1, 0.15) is 11.4 Å². The molecule has 7 heteroatoms. The second-order valence-corrected chi connectivity index (χ2v) is 6.93. The third-order valence-electron chi connectivity index (χ3n) is 4.75. The molecule has 1 heterocycles. The van der Waals surface area contributed by atoms with Crippen LogP contribution >= 0.6 is 0 Å². The maximum Gasteiger partial charge on any atom is 0.293 e. The number of benzene rings is 2. The van der Waals surface area contributed by atoms with E-state index in [0.717, 1.165) is 37.2 Å². The lowest BCUT2D eigenvalue weighted by atomic mass is 10.1. The summed E-state index contributed by atoms with van der Waals surface area (Å²) in [6, 6.07) is 12.5. The maximum absolute atomic E-state index is 12.3. The second-order valence-electron chi connectivity index (χ2n) is 6.93. The van der Waals surface area contributed by atoms with Crippen LogP contribution in [0.4, 0.5) is 11.4 Å². The van der Waals surface area contributed by atoms with Gasteiger partial charge in [-0.05, 0) is 56.0 Å². The summed E-state index contributed by atoms with van der Waals surface area (Å²) in [5.74, 6) is 0.492. The van der Waals surface area contributed by atoms with Gasteiger partial charge in [0, 0.05) is 31.3 Å². The van der Waals surface area contributed by atoms with E-state index in [4.69, 9.17) is 4.74 Å². The molecule has 2 aromatic carbocycles. The highest BCUT2D eigenvalue weighted by Crippen LogP contribution is 2.31. The smallest absolute Gasteiger partial charge is 0.293 e. The van der Waals surface area contributed by atoms with Gasteiger partial charge in [-0.3, -0.25) is 14.9 Å². The molecule has 148 valence electrons. The first kappa shape index (κ1) is 19.7. The van der Waals surface area contributed by atoms with E-state index in [2.05, 4.69) is 5.32 Å². The Morgan fingerprint density at radius 3 is 2.71 bits per heavy atom. The SMILES string of the molecule is Cc1cccc(OCCCNC(=O)c2ccc(N3CCCC3)c([N+](=O)[O-])c2)c1. The summed E-state index contributed by atoms with van der Waals surface area (Å²) in [7, 11) is 0. The van der Waals surface area contributed by atoms with E-state index in [0.29, 0.717) is 30.8 Å². The maximum atomic E-state index is 12.3. The Kier molecular flexibility index (Phi) is 6.47. The summed E-state index contributed by atoms with van der Waals surface area (Å²) >= 11 is 0. The molecular formula is C21H25N3O4. The fraction of sp³-hybridized carbons (Fsp3) is 0.381. The van der Waals surface area contributed by atoms with E-state index in [1.807, 2.05) is 36.1 Å². The lowest BCUT2D eigenvalue weighted by molar-refractivity contribution is -0.384. The first-order valence-corrected chi connectivity index (χ1v) is 9.55. The fourth-order valence-corrected chi connectivity index (χ4v) is 3.31. The van der Waals surface area contributed by atoms with Gasteiger partial charge < -0.3 is 15.0 Å². The Balaban J connectivity index is 1.52. The van der Waals surface area contributed by atoms with Crippen molar-refractivity contribution < 1.29 is 14.5 Å². The number of carbonyl (C=O) groups is 1. The molecule has 7 nitrogen and oxygen atoms in total. The topological polar surface area (TPSA) is 84.7 Å². The number of amides is 1. The van der Waals surface area contributed by atoms with Gasteiger partial charge in [0.05, 0.1) is 11.5 Å². The predicted molar refractivity (Wildman–Crippen MR) is 108 cm³/mol. The Hall–Kier alpha value is -3.09. The summed E-state index contributed by atoms with van der Waals surface area (Å²) in [6.07, 6.45) is 2.71. The molecule has 2 aromatic rings. The number of aryl methyl sites for hydroxylation is 1. The largest absolute Gasteiger partial charge is 0.494 e. The molecule has 1 amide bonds. The average molecular weight is 383 g/mol. The molecule has 1 saturated heterocycles. The average Bonchev–Trinajstić information content (AvgIpc) is 3.21. The molecule has 28 heavy (non-hydrogen) atoms. The predicted octanol–water partition coefficient (Wildman–Crippen LogP) is 3.70. The van der Waals surface area contributed by atoms with Crippen molar-refractivity contribution >= 4 is 17.3 Å². The molecule has 0 unspecified atom stereocenters. The number of nitro benzene ring substituents is 1. The van der Waals surface area contributed by atoms with Crippen LogP contribution in [0.1, 0.15) is 35.2 Å². The van der Waals surface area contributed by atoms with Crippen LogP contribution in [0.15, 0.2) is 42.5 Å². The highest BCUT2D eigenvalue weighted by molar-refractivity contribution is 5.95. The van der Waals surface area contributed by atoms with Crippen LogP contribution < -0.4 is 15.0 Å². The van der Waals surface area contributed by atoms with E-state index in [9.17, 15) is 14.9 Å². The molecule has 0 spiro atoms. The number of hydrogen-bond acceptors (Lipinski definition) is 5. The molecule has 0 bridgehead atoms. The minimum atomic E-state index is -0.417. The molecule has 1 N–H and O–H groups in total. The highest BCUT2D eigenvalue weighted by atomic mass is 16.6. The minimum Gasteiger partial charge on any atom is -0.494 e. The van der Waals surface area contributed by atoms with Gasteiger partial charge in [-0.25, -0.2) is 0 Å². The molecular weight excluding hydrogens is 358 g/mol. The molecule has 3 rings (SSSR count). The molecule has 1 fully saturated rings. The number of nitrogens with zero attached hydrogens (tertiary/aromatic N) is 2. The number of nitrogens with one attached hydrogen (secondary N) is 1. The molecule has 0 aromatic heterocycles. The zero-order valence-electron chi connectivity index (χ0n) is 16.0. The van der Waals surface area contributed by atoms with Crippen LogP contribution in [-0.4, -0.2) is 37.1 Å². The lowest BCUT2D eigenvalue weighted by Crippen LogP contribution is -2.26. The van der Waals surface area contributed by atoms with Crippen molar-refractivity contribution in [2.45, 2.75) is 26.2 Å². The van der Waals surface area contributed by atoms with Gasteiger partial charge >= 0.3 is 0 Å². The number of ether oxygens (including phenoxy) is 1. The number of anilines is 1. The fourth-order valence-electron chi connectivity index (χ4n) is 3.31. The van der Waals surface area contributed by atoms with Crippen molar-refractivity contribution in [1.82, 2.24) is 5.32 Å². The minimum absolute atomic E-state index is 0.0164. The van der Waals surface area contributed by atoms with E-state index in [-0.39, 0.29) is 11.6 Å².